The lowest BCUT2D eigenvalue weighted by atomic mass is 10.1. The first kappa shape index (κ1) is 7.03. The van der Waals surface area contributed by atoms with Gasteiger partial charge in [-0.05, 0) is 19.1 Å². The second-order valence-electron chi connectivity index (χ2n) is 2.56. The largest absolute Gasteiger partial charge is 0.306 e. The van der Waals surface area contributed by atoms with E-state index in [9.17, 15) is 4.79 Å². The summed E-state index contributed by atoms with van der Waals surface area (Å²) in [5.74, 6) is 0.599. The van der Waals surface area contributed by atoms with Crippen LogP contribution in [-0.4, -0.2) is 10.9 Å². The van der Waals surface area contributed by atoms with Crippen molar-refractivity contribution >= 4 is 17.3 Å². The van der Waals surface area contributed by atoms with Crippen molar-refractivity contribution < 1.29 is 4.79 Å². The molecule has 1 aliphatic heterocycles. The van der Waals surface area contributed by atoms with Gasteiger partial charge in [-0.25, -0.2) is 4.98 Å². The predicted octanol–water partition coefficient (Wildman–Crippen LogP) is 1.44. The molecule has 0 atom stereocenters. The lowest BCUT2D eigenvalue weighted by Gasteiger charge is -1.92. The van der Waals surface area contributed by atoms with Gasteiger partial charge in [0.05, 0.1) is 0 Å². The lowest BCUT2D eigenvalue weighted by Crippen LogP contribution is -2.03. The molecule has 1 N–H and O–H groups in total. The topological polar surface area (TPSA) is 42.0 Å². The molecule has 0 aliphatic carbocycles. The van der Waals surface area contributed by atoms with Crippen LogP contribution in [0, 0.1) is 0 Å². The molecule has 1 aliphatic rings. The van der Waals surface area contributed by atoms with Crippen molar-refractivity contribution in [2.75, 3.05) is 5.32 Å². The molecule has 0 aromatic carbocycles. The first-order chi connectivity index (χ1) is 5.83. The van der Waals surface area contributed by atoms with Crippen LogP contribution < -0.4 is 5.32 Å². The van der Waals surface area contributed by atoms with Gasteiger partial charge in [-0.3, -0.25) is 4.79 Å². The Labute approximate surface area is 70.1 Å². The molecule has 0 bridgehead atoms. The van der Waals surface area contributed by atoms with Gasteiger partial charge in [-0.1, -0.05) is 6.08 Å². The monoisotopic (exact) mass is 160 g/mol. The molecular formula is C9H8N2O. The molecule has 0 fully saturated rings. The second-order valence-corrected chi connectivity index (χ2v) is 2.56. The zero-order chi connectivity index (χ0) is 8.55. The number of hydrogen-bond acceptors (Lipinski definition) is 2. The highest BCUT2D eigenvalue weighted by Crippen LogP contribution is 2.28. The maximum Gasteiger partial charge on any atom is 0.257 e. The van der Waals surface area contributed by atoms with Crippen LogP contribution in [0.15, 0.2) is 24.4 Å². The van der Waals surface area contributed by atoms with Crippen LogP contribution in [0.25, 0.3) is 5.57 Å². The fourth-order valence-electron chi connectivity index (χ4n) is 1.31. The minimum atomic E-state index is -0.0637. The number of aromatic nitrogens is 1. The van der Waals surface area contributed by atoms with E-state index in [0.717, 1.165) is 5.56 Å². The maximum atomic E-state index is 11.2. The van der Waals surface area contributed by atoms with Crippen molar-refractivity contribution in [3.8, 4) is 0 Å². The molecule has 0 unspecified atom stereocenters. The first-order valence-corrected chi connectivity index (χ1v) is 3.76. The summed E-state index contributed by atoms with van der Waals surface area (Å²) < 4.78 is 0. The van der Waals surface area contributed by atoms with E-state index in [1.807, 2.05) is 19.1 Å². The molecule has 2 rings (SSSR count). The summed E-state index contributed by atoms with van der Waals surface area (Å²) in [4.78, 5) is 15.3. The summed E-state index contributed by atoms with van der Waals surface area (Å²) in [6.45, 7) is 1.84. The average Bonchev–Trinajstić information content (AvgIpc) is 2.40. The number of rotatable bonds is 0. The molecule has 2 heterocycles. The number of amides is 1. The molecule has 0 saturated heterocycles. The Morgan fingerprint density at radius 2 is 2.42 bits per heavy atom. The SMILES string of the molecule is C/C=C1/C(=O)Nc2ncccc21. The minimum Gasteiger partial charge on any atom is -0.306 e. The molecule has 1 aromatic heterocycles. The van der Waals surface area contributed by atoms with Crippen LogP contribution in [0.4, 0.5) is 5.82 Å². The van der Waals surface area contributed by atoms with Crippen LogP contribution in [-0.2, 0) is 4.79 Å². The van der Waals surface area contributed by atoms with E-state index in [0.29, 0.717) is 11.4 Å². The van der Waals surface area contributed by atoms with E-state index in [4.69, 9.17) is 0 Å². The molecule has 0 saturated carbocycles. The van der Waals surface area contributed by atoms with E-state index in [2.05, 4.69) is 10.3 Å². The Morgan fingerprint density at radius 1 is 1.58 bits per heavy atom. The Kier molecular flexibility index (Phi) is 1.43. The van der Waals surface area contributed by atoms with E-state index in [1.165, 1.54) is 0 Å². The lowest BCUT2D eigenvalue weighted by molar-refractivity contribution is -0.110. The molecule has 0 spiro atoms. The highest BCUT2D eigenvalue weighted by atomic mass is 16.2. The van der Waals surface area contributed by atoms with Gasteiger partial charge < -0.3 is 5.32 Å². The molecule has 0 radical (unpaired) electrons. The van der Waals surface area contributed by atoms with Gasteiger partial charge in [0.15, 0.2) is 0 Å². The third kappa shape index (κ3) is 0.830. The van der Waals surface area contributed by atoms with Gasteiger partial charge in [0.25, 0.3) is 5.91 Å². The summed E-state index contributed by atoms with van der Waals surface area (Å²) in [7, 11) is 0. The highest BCUT2D eigenvalue weighted by Gasteiger charge is 2.23. The van der Waals surface area contributed by atoms with Crippen molar-refractivity contribution in [1.29, 1.82) is 0 Å². The van der Waals surface area contributed by atoms with Gasteiger partial charge in [-0.15, -0.1) is 0 Å². The number of nitrogens with zero attached hydrogens (tertiary/aromatic N) is 1. The zero-order valence-electron chi connectivity index (χ0n) is 6.66. The van der Waals surface area contributed by atoms with Crippen LogP contribution in [0.5, 0.6) is 0 Å². The van der Waals surface area contributed by atoms with Crippen molar-refractivity contribution in [3.63, 3.8) is 0 Å². The Morgan fingerprint density at radius 3 is 3.17 bits per heavy atom. The van der Waals surface area contributed by atoms with Crippen LogP contribution in [0.1, 0.15) is 12.5 Å². The number of fused-ring (bicyclic) bond motifs is 1. The number of carbonyl (C=O) groups is 1. The zero-order valence-corrected chi connectivity index (χ0v) is 6.66. The van der Waals surface area contributed by atoms with Crippen LogP contribution in [0.3, 0.4) is 0 Å². The van der Waals surface area contributed by atoms with Gasteiger partial charge in [0.2, 0.25) is 0 Å². The van der Waals surface area contributed by atoms with Gasteiger partial charge in [0.1, 0.15) is 5.82 Å². The highest BCUT2D eigenvalue weighted by molar-refractivity contribution is 6.30. The van der Waals surface area contributed by atoms with E-state index in [-0.39, 0.29) is 5.91 Å². The third-order valence-corrected chi connectivity index (χ3v) is 1.86. The fourth-order valence-corrected chi connectivity index (χ4v) is 1.31. The molecule has 1 aromatic rings. The minimum absolute atomic E-state index is 0.0637. The van der Waals surface area contributed by atoms with Crippen molar-refractivity contribution in [2.45, 2.75) is 6.92 Å². The van der Waals surface area contributed by atoms with Crippen LogP contribution in [0.2, 0.25) is 0 Å². The predicted molar refractivity (Wildman–Crippen MR) is 46.5 cm³/mol. The van der Waals surface area contributed by atoms with Crippen molar-refractivity contribution in [1.82, 2.24) is 4.98 Å². The van der Waals surface area contributed by atoms with Crippen molar-refractivity contribution in [2.24, 2.45) is 0 Å². The number of carbonyl (C=O) groups excluding carboxylic acids is 1. The molecule has 3 nitrogen and oxygen atoms in total. The normalized spacial score (nSPS) is 17.8. The van der Waals surface area contributed by atoms with Gasteiger partial charge in [0, 0.05) is 17.3 Å². The molecule has 60 valence electrons. The third-order valence-electron chi connectivity index (χ3n) is 1.86. The maximum absolute atomic E-state index is 11.2. The Bertz CT molecular complexity index is 369. The number of allylic oxidation sites excluding steroid dienone is 1. The fraction of sp³-hybridized carbons (Fsp3) is 0.111. The van der Waals surface area contributed by atoms with Gasteiger partial charge >= 0.3 is 0 Å². The Balaban J connectivity index is 2.62. The first-order valence-electron chi connectivity index (χ1n) is 3.76. The number of nitrogens with one attached hydrogen (secondary N) is 1. The average molecular weight is 160 g/mol. The summed E-state index contributed by atoms with van der Waals surface area (Å²) in [5, 5.41) is 2.68. The summed E-state index contributed by atoms with van der Waals surface area (Å²) >= 11 is 0. The number of pyridine rings is 1. The summed E-state index contributed by atoms with van der Waals surface area (Å²) in [5.41, 5.74) is 1.60. The molecule has 12 heavy (non-hydrogen) atoms. The number of anilines is 1. The number of hydrogen-bond donors (Lipinski definition) is 1. The molecule has 3 heteroatoms. The van der Waals surface area contributed by atoms with Crippen molar-refractivity contribution in [3.05, 3.63) is 30.0 Å². The van der Waals surface area contributed by atoms with Gasteiger partial charge in [-0.2, -0.15) is 0 Å². The quantitative estimate of drug-likeness (QED) is 0.583. The summed E-state index contributed by atoms with van der Waals surface area (Å²) in [6, 6.07) is 3.71. The van der Waals surface area contributed by atoms with E-state index < -0.39 is 0 Å². The molecular weight excluding hydrogens is 152 g/mol. The summed E-state index contributed by atoms with van der Waals surface area (Å²) in [6.07, 6.45) is 3.46. The van der Waals surface area contributed by atoms with E-state index >= 15 is 0 Å². The van der Waals surface area contributed by atoms with Crippen LogP contribution >= 0.6 is 0 Å². The Hall–Kier alpha value is -1.64. The molecule has 1 amide bonds. The smallest absolute Gasteiger partial charge is 0.257 e. The van der Waals surface area contributed by atoms with E-state index in [1.54, 1.807) is 12.3 Å². The standard InChI is InChI=1S/C9H8N2O/c1-2-6-7-4-3-5-10-8(7)11-9(6)12/h2-5H,1H3,(H,10,11,12)/b6-2+. The second kappa shape index (κ2) is 2.44.